The van der Waals surface area contributed by atoms with Crippen LogP contribution in [0.5, 0.6) is 0 Å². The van der Waals surface area contributed by atoms with Crippen molar-refractivity contribution in [3.8, 4) is 0 Å². The molecule has 0 saturated carbocycles. The Morgan fingerprint density at radius 3 is 2.47 bits per heavy atom. The number of carboxylic acids is 1. The van der Waals surface area contributed by atoms with E-state index in [4.69, 9.17) is 10.8 Å². The number of hydrogen-bond donors (Lipinski definition) is 4. The SMILES string of the molecule is Nc1n[nH]nc1C(=O)NCc1ccc(C(=O)O)cc1. The van der Waals surface area contributed by atoms with Gasteiger partial charge in [0.2, 0.25) is 0 Å². The molecule has 0 saturated heterocycles. The first-order valence-corrected chi connectivity index (χ1v) is 5.34. The van der Waals surface area contributed by atoms with Gasteiger partial charge in [0.05, 0.1) is 5.56 Å². The number of rotatable bonds is 4. The summed E-state index contributed by atoms with van der Waals surface area (Å²) in [6.45, 7) is 0.241. The van der Waals surface area contributed by atoms with Crippen LogP contribution in [0, 0.1) is 0 Å². The lowest BCUT2D eigenvalue weighted by molar-refractivity contribution is 0.0696. The summed E-state index contributed by atoms with van der Waals surface area (Å²) in [5.74, 6) is -1.42. The number of carbonyl (C=O) groups excluding carboxylic acids is 1. The van der Waals surface area contributed by atoms with E-state index in [1.807, 2.05) is 0 Å². The van der Waals surface area contributed by atoms with Gasteiger partial charge in [-0.1, -0.05) is 12.1 Å². The Labute approximate surface area is 107 Å². The van der Waals surface area contributed by atoms with Gasteiger partial charge in [-0.2, -0.15) is 5.21 Å². The number of nitrogen functional groups attached to an aromatic ring is 1. The molecule has 0 radical (unpaired) electrons. The average Bonchev–Trinajstić information content (AvgIpc) is 2.83. The Hall–Kier alpha value is -2.90. The predicted molar refractivity (Wildman–Crippen MR) is 65.4 cm³/mol. The molecule has 0 fully saturated rings. The third-order valence-electron chi connectivity index (χ3n) is 2.44. The normalized spacial score (nSPS) is 10.1. The molecule has 0 atom stereocenters. The topological polar surface area (TPSA) is 134 Å². The molecule has 8 heteroatoms. The predicted octanol–water partition coefficient (Wildman–Crippen LogP) is 0.0151. The molecule has 0 aliphatic carbocycles. The fourth-order valence-corrected chi connectivity index (χ4v) is 1.44. The molecule has 98 valence electrons. The molecule has 2 rings (SSSR count). The number of hydrogen-bond acceptors (Lipinski definition) is 5. The summed E-state index contributed by atoms with van der Waals surface area (Å²) < 4.78 is 0. The molecule has 0 aliphatic heterocycles. The van der Waals surface area contributed by atoms with Gasteiger partial charge in [0.15, 0.2) is 11.5 Å². The van der Waals surface area contributed by atoms with Gasteiger partial charge < -0.3 is 16.2 Å². The van der Waals surface area contributed by atoms with Crippen molar-refractivity contribution in [2.75, 3.05) is 5.73 Å². The lowest BCUT2D eigenvalue weighted by Crippen LogP contribution is -2.24. The quantitative estimate of drug-likeness (QED) is 0.612. The van der Waals surface area contributed by atoms with Crippen molar-refractivity contribution in [1.29, 1.82) is 0 Å². The van der Waals surface area contributed by atoms with E-state index >= 15 is 0 Å². The fraction of sp³-hybridized carbons (Fsp3) is 0.0909. The minimum absolute atomic E-state index is 0.0266. The summed E-state index contributed by atoms with van der Waals surface area (Å²) in [7, 11) is 0. The third-order valence-corrected chi connectivity index (χ3v) is 2.44. The Morgan fingerprint density at radius 1 is 1.26 bits per heavy atom. The van der Waals surface area contributed by atoms with Gasteiger partial charge in [-0.3, -0.25) is 4.79 Å². The maximum absolute atomic E-state index is 11.7. The van der Waals surface area contributed by atoms with Gasteiger partial charge in [-0.25, -0.2) is 4.79 Å². The van der Waals surface area contributed by atoms with Crippen LogP contribution >= 0.6 is 0 Å². The van der Waals surface area contributed by atoms with E-state index < -0.39 is 11.9 Å². The molecule has 5 N–H and O–H groups in total. The van der Waals surface area contributed by atoms with E-state index in [-0.39, 0.29) is 23.6 Å². The second kappa shape index (κ2) is 5.17. The summed E-state index contributed by atoms with van der Waals surface area (Å²) in [6, 6.07) is 6.17. The molecular weight excluding hydrogens is 250 g/mol. The van der Waals surface area contributed by atoms with Crippen LogP contribution in [0.25, 0.3) is 0 Å². The first-order valence-electron chi connectivity index (χ1n) is 5.34. The summed E-state index contributed by atoms with van der Waals surface area (Å²) >= 11 is 0. The zero-order chi connectivity index (χ0) is 13.8. The van der Waals surface area contributed by atoms with Gasteiger partial charge in [-0.05, 0) is 17.7 Å². The van der Waals surface area contributed by atoms with Crippen molar-refractivity contribution in [2.24, 2.45) is 0 Å². The van der Waals surface area contributed by atoms with Crippen molar-refractivity contribution in [1.82, 2.24) is 20.7 Å². The number of amides is 1. The highest BCUT2D eigenvalue weighted by Crippen LogP contribution is 2.06. The van der Waals surface area contributed by atoms with Gasteiger partial charge in [0, 0.05) is 6.54 Å². The number of carboxylic acid groups (broad SMARTS) is 1. The second-order valence-electron chi connectivity index (χ2n) is 3.74. The van der Waals surface area contributed by atoms with Crippen molar-refractivity contribution in [3.63, 3.8) is 0 Å². The molecule has 2 aromatic rings. The Morgan fingerprint density at radius 2 is 1.95 bits per heavy atom. The molecule has 0 unspecified atom stereocenters. The van der Waals surface area contributed by atoms with E-state index in [0.717, 1.165) is 5.56 Å². The molecule has 8 nitrogen and oxygen atoms in total. The first kappa shape index (κ1) is 12.6. The Kier molecular flexibility index (Phi) is 3.42. The number of aromatic carboxylic acids is 1. The highest BCUT2D eigenvalue weighted by Gasteiger charge is 2.13. The van der Waals surface area contributed by atoms with Crippen molar-refractivity contribution >= 4 is 17.7 Å². The highest BCUT2D eigenvalue weighted by atomic mass is 16.4. The smallest absolute Gasteiger partial charge is 0.335 e. The highest BCUT2D eigenvalue weighted by molar-refractivity contribution is 5.96. The average molecular weight is 261 g/mol. The Balaban J connectivity index is 1.97. The van der Waals surface area contributed by atoms with E-state index in [9.17, 15) is 9.59 Å². The molecule has 1 heterocycles. The number of nitrogens with zero attached hydrogens (tertiary/aromatic N) is 2. The zero-order valence-corrected chi connectivity index (χ0v) is 9.75. The van der Waals surface area contributed by atoms with Gasteiger partial charge >= 0.3 is 5.97 Å². The van der Waals surface area contributed by atoms with Gasteiger partial charge in [0.25, 0.3) is 5.91 Å². The monoisotopic (exact) mass is 261 g/mol. The number of aromatic amines is 1. The van der Waals surface area contributed by atoms with Crippen LogP contribution in [-0.2, 0) is 6.54 Å². The van der Waals surface area contributed by atoms with Crippen LogP contribution in [0.3, 0.4) is 0 Å². The van der Waals surface area contributed by atoms with Crippen LogP contribution in [0.2, 0.25) is 0 Å². The van der Waals surface area contributed by atoms with Crippen LogP contribution < -0.4 is 11.1 Å². The van der Waals surface area contributed by atoms with Crippen LogP contribution in [0.4, 0.5) is 5.82 Å². The van der Waals surface area contributed by atoms with E-state index in [2.05, 4.69) is 20.7 Å². The number of benzene rings is 1. The van der Waals surface area contributed by atoms with Gasteiger partial charge in [0.1, 0.15) is 0 Å². The van der Waals surface area contributed by atoms with Crippen LogP contribution in [-0.4, -0.2) is 32.4 Å². The fourth-order valence-electron chi connectivity index (χ4n) is 1.44. The molecule has 0 spiro atoms. The summed E-state index contributed by atoms with van der Waals surface area (Å²) in [6.07, 6.45) is 0. The van der Waals surface area contributed by atoms with Crippen LogP contribution in [0.15, 0.2) is 24.3 Å². The standard InChI is InChI=1S/C11H11N5O3/c12-9-8(14-16-15-9)10(17)13-5-6-1-3-7(4-2-6)11(18)19/h1-4H,5H2,(H,13,17)(H,18,19)(H3,12,14,15,16). The minimum Gasteiger partial charge on any atom is -0.478 e. The number of anilines is 1. The lowest BCUT2D eigenvalue weighted by Gasteiger charge is -2.04. The number of nitrogens with two attached hydrogens (primary N) is 1. The molecule has 19 heavy (non-hydrogen) atoms. The molecule has 1 aromatic carbocycles. The number of H-pyrrole nitrogens is 1. The number of aromatic nitrogens is 3. The maximum atomic E-state index is 11.7. The molecule has 0 aliphatic rings. The van der Waals surface area contributed by atoms with E-state index in [0.29, 0.717) is 0 Å². The molecule has 1 amide bonds. The van der Waals surface area contributed by atoms with Crippen LogP contribution in [0.1, 0.15) is 26.4 Å². The summed E-state index contributed by atoms with van der Waals surface area (Å²) in [5, 5.41) is 20.7. The summed E-state index contributed by atoms with van der Waals surface area (Å²) in [4.78, 5) is 22.3. The zero-order valence-electron chi connectivity index (χ0n) is 9.75. The van der Waals surface area contributed by atoms with Crippen molar-refractivity contribution in [3.05, 3.63) is 41.1 Å². The first-order chi connectivity index (χ1) is 9.08. The van der Waals surface area contributed by atoms with Crippen molar-refractivity contribution < 1.29 is 14.7 Å². The van der Waals surface area contributed by atoms with Crippen molar-refractivity contribution in [2.45, 2.75) is 6.54 Å². The molecule has 0 bridgehead atoms. The molecular formula is C11H11N5O3. The third kappa shape index (κ3) is 2.86. The largest absolute Gasteiger partial charge is 0.478 e. The Bertz CT molecular complexity index is 605. The van der Waals surface area contributed by atoms with Gasteiger partial charge in [-0.15, -0.1) is 10.2 Å². The maximum Gasteiger partial charge on any atom is 0.335 e. The van der Waals surface area contributed by atoms with E-state index in [1.165, 1.54) is 12.1 Å². The minimum atomic E-state index is -0.994. The summed E-state index contributed by atoms with van der Waals surface area (Å²) in [5.41, 5.74) is 6.42. The lowest BCUT2D eigenvalue weighted by atomic mass is 10.1. The second-order valence-corrected chi connectivity index (χ2v) is 3.74. The number of nitrogens with one attached hydrogen (secondary N) is 2. The molecule has 1 aromatic heterocycles. The van der Waals surface area contributed by atoms with E-state index in [1.54, 1.807) is 12.1 Å². The number of carbonyl (C=O) groups is 2.